The molecule has 2 heterocycles. The monoisotopic (exact) mass is 394 g/mol. The minimum Gasteiger partial charge on any atom is -0.453 e. The third kappa shape index (κ3) is 5.32. The molecule has 1 N–H and O–H groups in total. The second-order valence-corrected chi connectivity index (χ2v) is 8.65. The summed E-state index contributed by atoms with van der Waals surface area (Å²) in [5, 5.41) is 2.92. The summed E-state index contributed by atoms with van der Waals surface area (Å²) in [6.07, 6.45) is 0.656. The molecule has 1 aliphatic rings. The van der Waals surface area contributed by atoms with Gasteiger partial charge in [0.25, 0.3) is 5.91 Å². The highest BCUT2D eigenvalue weighted by atomic mass is 35.5. The average Bonchev–Trinajstić information content (AvgIpc) is 2.80. The molecule has 1 amide bonds. The third-order valence-corrected chi connectivity index (χ3v) is 5.84. The van der Waals surface area contributed by atoms with Gasteiger partial charge in [0.2, 0.25) is 0 Å². The summed E-state index contributed by atoms with van der Waals surface area (Å²) < 4.78 is 27.8. The Labute approximate surface area is 149 Å². The van der Waals surface area contributed by atoms with Crippen LogP contribution in [0.15, 0.2) is 12.3 Å². The quantitative estimate of drug-likeness (QED) is 0.766. The number of rotatable bonds is 5. The molecule has 0 saturated carbocycles. The summed E-state index contributed by atoms with van der Waals surface area (Å²) in [6.45, 7) is 1.41. The molecular formula is C14H16Cl2N2O5S. The first-order valence-corrected chi connectivity index (χ1v) is 9.76. The lowest BCUT2D eigenvalue weighted by molar-refractivity contribution is -0.153. The van der Waals surface area contributed by atoms with Crippen molar-refractivity contribution in [1.82, 2.24) is 4.98 Å². The fraction of sp³-hybridized carbons (Fsp3) is 0.500. The Balaban J connectivity index is 1.86. The SMILES string of the molecule is C[C@H](OC(=O)C[C@@H]1CCS(=O)(=O)C1)C(=O)Nc1ncc(Cl)cc1Cl. The molecule has 0 aromatic carbocycles. The molecule has 1 saturated heterocycles. The molecule has 0 radical (unpaired) electrons. The molecule has 132 valence electrons. The van der Waals surface area contributed by atoms with E-state index < -0.39 is 27.8 Å². The number of nitrogens with one attached hydrogen (secondary N) is 1. The van der Waals surface area contributed by atoms with Crippen molar-refractivity contribution in [1.29, 1.82) is 0 Å². The highest BCUT2D eigenvalue weighted by molar-refractivity contribution is 7.91. The lowest BCUT2D eigenvalue weighted by Crippen LogP contribution is -2.31. The lowest BCUT2D eigenvalue weighted by Gasteiger charge is -2.15. The van der Waals surface area contributed by atoms with Crippen molar-refractivity contribution in [2.45, 2.75) is 25.9 Å². The second-order valence-electron chi connectivity index (χ2n) is 5.58. The van der Waals surface area contributed by atoms with Crippen LogP contribution in [0.4, 0.5) is 5.82 Å². The zero-order chi connectivity index (χ0) is 17.9. The van der Waals surface area contributed by atoms with E-state index in [0.717, 1.165) is 0 Å². The fourth-order valence-electron chi connectivity index (χ4n) is 2.29. The number of carbonyl (C=O) groups excluding carboxylic acids is 2. The number of esters is 1. The second kappa shape index (κ2) is 7.67. The van der Waals surface area contributed by atoms with Gasteiger partial charge in [0.1, 0.15) is 0 Å². The van der Waals surface area contributed by atoms with Crippen LogP contribution in [0.1, 0.15) is 19.8 Å². The predicted molar refractivity (Wildman–Crippen MR) is 89.8 cm³/mol. The van der Waals surface area contributed by atoms with E-state index in [4.69, 9.17) is 27.9 Å². The first kappa shape index (κ1) is 19.0. The Kier molecular flexibility index (Phi) is 6.06. The summed E-state index contributed by atoms with van der Waals surface area (Å²) in [6, 6.07) is 1.42. The van der Waals surface area contributed by atoms with E-state index in [9.17, 15) is 18.0 Å². The molecule has 1 fully saturated rings. The Morgan fingerprint density at radius 3 is 2.75 bits per heavy atom. The van der Waals surface area contributed by atoms with E-state index in [1.165, 1.54) is 19.2 Å². The van der Waals surface area contributed by atoms with Gasteiger partial charge in [-0.25, -0.2) is 13.4 Å². The minimum absolute atomic E-state index is 0.0209. The van der Waals surface area contributed by atoms with Crippen molar-refractivity contribution in [3.05, 3.63) is 22.3 Å². The minimum atomic E-state index is -3.06. The third-order valence-electron chi connectivity index (χ3n) is 3.51. The number of nitrogens with zero attached hydrogens (tertiary/aromatic N) is 1. The standard InChI is InChI=1S/C14H16Cl2N2O5S/c1-8(14(20)18-13-11(16)5-10(15)6-17-13)23-12(19)4-9-2-3-24(21,22)7-9/h5-6,8-9H,2-4,7H2,1H3,(H,17,18,20)/t8-,9-/m0/s1. The van der Waals surface area contributed by atoms with E-state index in [0.29, 0.717) is 11.4 Å². The fourth-order valence-corrected chi connectivity index (χ4v) is 4.58. The molecule has 1 aromatic rings. The zero-order valence-electron chi connectivity index (χ0n) is 12.8. The molecule has 2 rings (SSSR count). The summed E-state index contributed by atoms with van der Waals surface area (Å²) >= 11 is 11.6. The number of halogens is 2. The van der Waals surface area contributed by atoms with Crippen molar-refractivity contribution < 1.29 is 22.7 Å². The summed E-state index contributed by atoms with van der Waals surface area (Å²) in [5.74, 6) is -1.30. The molecule has 0 spiro atoms. The van der Waals surface area contributed by atoms with Gasteiger partial charge in [-0.2, -0.15) is 0 Å². The maximum Gasteiger partial charge on any atom is 0.306 e. The maximum absolute atomic E-state index is 12.0. The molecule has 1 aliphatic heterocycles. The summed E-state index contributed by atoms with van der Waals surface area (Å²) in [7, 11) is -3.06. The van der Waals surface area contributed by atoms with Crippen molar-refractivity contribution in [3.63, 3.8) is 0 Å². The van der Waals surface area contributed by atoms with Gasteiger partial charge in [-0.05, 0) is 25.3 Å². The molecule has 2 atom stereocenters. The number of anilines is 1. The molecule has 7 nitrogen and oxygen atoms in total. The van der Waals surface area contributed by atoms with Gasteiger partial charge in [0.15, 0.2) is 21.8 Å². The summed E-state index contributed by atoms with van der Waals surface area (Å²) in [4.78, 5) is 27.7. The van der Waals surface area contributed by atoms with Crippen LogP contribution in [0.25, 0.3) is 0 Å². The molecular weight excluding hydrogens is 379 g/mol. The van der Waals surface area contributed by atoms with Crippen molar-refractivity contribution in [2.24, 2.45) is 5.92 Å². The number of carbonyl (C=O) groups is 2. The van der Waals surface area contributed by atoms with Crippen molar-refractivity contribution >= 4 is 50.7 Å². The van der Waals surface area contributed by atoms with Gasteiger partial charge < -0.3 is 10.1 Å². The van der Waals surface area contributed by atoms with E-state index in [-0.39, 0.29) is 34.7 Å². The molecule has 24 heavy (non-hydrogen) atoms. The first-order valence-electron chi connectivity index (χ1n) is 7.18. The average molecular weight is 395 g/mol. The normalized spacial score (nSPS) is 20.4. The lowest BCUT2D eigenvalue weighted by atomic mass is 10.1. The van der Waals surface area contributed by atoms with Crippen molar-refractivity contribution in [2.75, 3.05) is 16.8 Å². The van der Waals surface area contributed by atoms with E-state index in [1.807, 2.05) is 0 Å². The maximum atomic E-state index is 12.0. The van der Waals surface area contributed by atoms with Crippen LogP contribution in [0.2, 0.25) is 10.0 Å². The Hall–Kier alpha value is -1.38. The molecule has 10 heteroatoms. The van der Waals surface area contributed by atoms with Crippen LogP contribution < -0.4 is 5.32 Å². The number of pyridine rings is 1. The predicted octanol–water partition coefficient (Wildman–Crippen LogP) is 2.08. The van der Waals surface area contributed by atoms with Crippen LogP contribution in [-0.4, -0.2) is 42.9 Å². The number of ether oxygens (including phenoxy) is 1. The zero-order valence-corrected chi connectivity index (χ0v) is 15.1. The largest absolute Gasteiger partial charge is 0.453 e. The Morgan fingerprint density at radius 1 is 1.46 bits per heavy atom. The Morgan fingerprint density at radius 2 is 2.17 bits per heavy atom. The highest BCUT2D eigenvalue weighted by Crippen LogP contribution is 2.24. The van der Waals surface area contributed by atoms with Crippen LogP contribution in [0.3, 0.4) is 0 Å². The van der Waals surface area contributed by atoms with Gasteiger partial charge in [-0.3, -0.25) is 9.59 Å². The number of amides is 1. The van der Waals surface area contributed by atoms with Gasteiger partial charge in [-0.15, -0.1) is 0 Å². The van der Waals surface area contributed by atoms with E-state index >= 15 is 0 Å². The smallest absolute Gasteiger partial charge is 0.306 e. The molecule has 0 unspecified atom stereocenters. The molecule has 0 bridgehead atoms. The number of sulfone groups is 1. The highest BCUT2D eigenvalue weighted by Gasteiger charge is 2.30. The van der Waals surface area contributed by atoms with Crippen LogP contribution in [0, 0.1) is 5.92 Å². The van der Waals surface area contributed by atoms with Gasteiger partial charge in [0.05, 0.1) is 21.6 Å². The van der Waals surface area contributed by atoms with E-state index in [2.05, 4.69) is 10.3 Å². The Bertz CT molecular complexity index is 754. The van der Waals surface area contributed by atoms with Gasteiger partial charge in [-0.1, -0.05) is 23.2 Å². The molecule has 1 aromatic heterocycles. The number of hydrogen-bond acceptors (Lipinski definition) is 6. The van der Waals surface area contributed by atoms with Gasteiger partial charge in [0, 0.05) is 12.6 Å². The topological polar surface area (TPSA) is 102 Å². The first-order chi connectivity index (χ1) is 11.2. The summed E-state index contributed by atoms with van der Waals surface area (Å²) in [5.41, 5.74) is 0. The van der Waals surface area contributed by atoms with Crippen molar-refractivity contribution in [3.8, 4) is 0 Å². The van der Waals surface area contributed by atoms with Gasteiger partial charge >= 0.3 is 5.97 Å². The number of aromatic nitrogens is 1. The van der Waals surface area contributed by atoms with E-state index in [1.54, 1.807) is 0 Å². The van der Waals surface area contributed by atoms with Crippen LogP contribution in [0.5, 0.6) is 0 Å². The number of hydrogen-bond donors (Lipinski definition) is 1. The molecule has 0 aliphatic carbocycles. The van der Waals surface area contributed by atoms with Crippen LogP contribution in [-0.2, 0) is 24.2 Å². The van der Waals surface area contributed by atoms with Crippen LogP contribution >= 0.6 is 23.2 Å².